The first-order valence-electron chi connectivity index (χ1n) is 11.6. The quantitative estimate of drug-likeness (QED) is 0.404. The maximum Gasteiger partial charge on any atom is 0.338 e. The van der Waals surface area contributed by atoms with Crippen molar-refractivity contribution in [1.29, 1.82) is 0 Å². The van der Waals surface area contributed by atoms with Crippen molar-refractivity contribution in [3.05, 3.63) is 71.3 Å². The molecule has 2 bridgehead atoms. The molecular formula is C27H26N2O5. The molecule has 34 heavy (non-hydrogen) atoms. The fourth-order valence-corrected chi connectivity index (χ4v) is 5.65. The van der Waals surface area contributed by atoms with Crippen molar-refractivity contribution < 1.29 is 23.9 Å². The molecule has 4 atom stereocenters. The highest BCUT2D eigenvalue weighted by atomic mass is 16.5. The van der Waals surface area contributed by atoms with Crippen LogP contribution in [0.4, 0.5) is 11.4 Å². The summed E-state index contributed by atoms with van der Waals surface area (Å²) < 4.78 is 5.19. The van der Waals surface area contributed by atoms with Crippen molar-refractivity contribution in [2.24, 2.45) is 23.7 Å². The van der Waals surface area contributed by atoms with Gasteiger partial charge in [0.2, 0.25) is 11.8 Å². The van der Waals surface area contributed by atoms with Crippen LogP contribution in [0, 0.1) is 23.7 Å². The van der Waals surface area contributed by atoms with E-state index in [1.165, 1.54) is 22.6 Å². The number of para-hydroxylation sites is 1. The Morgan fingerprint density at radius 3 is 2.62 bits per heavy atom. The molecule has 0 radical (unpaired) electrons. The number of imide groups is 1. The minimum atomic E-state index is -0.697. The Bertz CT molecular complexity index is 1230. The van der Waals surface area contributed by atoms with Gasteiger partial charge in [0.05, 0.1) is 23.1 Å². The van der Waals surface area contributed by atoms with E-state index in [1.807, 2.05) is 32.0 Å². The SMILES string of the molecule is CCc1ccccc1NC(=O)COC(=O)c1cccc(N2C(=O)[C@@H]3[C@H](C2=O)[C@H]2C=C(C)[C@H]3C2)c1. The number of rotatable bonds is 6. The zero-order chi connectivity index (χ0) is 24.0. The second-order valence-electron chi connectivity index (χ2n) is 9.17. The van der Waals surface area contributed by atoms with Gasteiger partial charge in [-0.05, 0) is 61.4 Å². The van der Waals surface area contributed by atoms with Crippen LogP contribution in [0.25, 0.3) is 0 Å². The highest BCUT2D eigenvalue weighted by Crippen LogP contribution is 2.55. The van der Waals surface area contributed by atoms with Gasteiger partial charge < -0.3 is 10.1 Å². The Labute approximate surface area is 197 Å². The average Bonchev–Trinajstić information content (AvgIpc) is 3.48. The van der Waals surface area contributed by atoms with Crippen LogP contribution in [0.2, 0.25) is 0 Å². The Kier molecular flexibility index (Phi) is 5.55. The number of aryl methyl sites for hydroxylation is 1. The third-order valence-corrected chi connectivity index (χ3v) is 7.23. The third kappa shape index (κ3) is 3.61. The standard InChI is InChI=1S/C27H26N2O5/c1-3-16-7-4-5-10-21(16)28-22(30)14-34-27(33)17-8-6-9-19(12-17)29-25(31)23-18-11-15(2)20(13-18)24(23)26(29)32/h4-12,18,20,23-24H,3,13-14H2,1-2H3,(H,28,30)/t18-,20+,23+,24-/m0/s1. The van der Waals surface area contributed by atoms with E-state index in [0.29, 0.717) is 11.4 Å². The van der Waals surface area contributed by atoms with E-state index >= 15 is 0 Å². The molecular weight excluding hydrogens is 432 g/mol. The van der Waals surface area contributed by atoms with Crippen molar-refractivity contribution in [1.82, 2.24) is 0 Å². The molecule has 174 valence electrons. The van der Waals surface area contributed by atoms with Crippen molar-refractivity contribution in [2.45, 2.75) is 26.7 Å². The van der Waals surface area contributed by atoms with Crippen LogP contribution in [-0.4, -0.2) is 30.3 Å². The summed E-state index contributed by atoms with van der Waals surface area (Å²) in [5.74, 6) is -1.93. The minimum absolute atomic E-state index is 0.112. The number of ether oxygens (including phenoxy) is 1. The summed E-state index contributed by atoms with van der Waals surface area (Å²) in [6.45, 7) is 3.57. The van der Waals surface area contributed by atoms with E-state index < -0.39 is 18.5 Å². The number of fused-ring (bicyclic) bond motifs is 5. The van der Waals surface area contributed by atoms with Crippen LogP contribution >= 0.6 is 0 Å². The molecule has 1 saturated carbocycles. The first kappa shape index (κ1) is 22.1. The van der Waals surface area contributed by atoms with Crippen molar-refractivity contribution in [3.8, 4) is 0 Å². The number of hydrogen-bond acceptors (Lipinski definition) is 5. The fourth-order valence-electron chi connectivity index (χ4n) is 5.65. The first-order chi connectivity index (χ1) is 16.4. The van der Waals surface area contributed by atoms with Crippen molar-refractivity contribution in [2.75, 3.05) is 16.8 Å². The highest BCUT2D eigenvalue weighted by molar-refractivity contribution is 6.23. The van der Waals surface area contributed by atoms with Crippen LogP contribution in [0.15, 0.2) is 60.2 Å². The van der Waals surface area contributed by atoms with Crippen LogP contribution in [0.3, 0.4) is 0 Å². The molecule has 0 aromatic heterocycles. The van der Waals surface area contributed by atoms with Gasteiger partial charge in [-0.3, -0.25) is 14.4 Å². The van der Waals surface area contributed by atoms with E-state index in [0.717, 1.165) is 18.4 Å². The van der Waals surface area contributed by atoms with Gasteiger partial charge in [-0.1, -0.05) is 42.8 Å². The molecule has 1 heterocycles. The normalized spacial score (nSPS) is 24.8. The van der Waals surface area contributed by atoms with Gasteiger partial charge in [-0.2, -0.15) is 0 Å². The summed E-state index contributed by atoms with van der Waals surface area (Å²) in [5, 5.41) is 2.76. The van der Waals surface area contributed by atoms with E-state index in [9.17, 15) is 19.2 Å². The Hall–Kier alpha value is -3.74. The van der Waals surface area contributed by atoms with E-state index in [4.69, 9.17) is 4.74 Å². The van der Waals surface area contributed by atoms with E-state index in [1.54, 1.807) is 18.2 Å². The smallest absolute Gasteiger partial charge is 0.338 e. The summed E-state index contributed by atoms with van der Waals surface area (Å²) >= 11 is 0. The summed E-state index contributed by atoms with van der Waals surface area (Å²) in [6.07, 6.45) is 3.75. The third-order valence-electron chi connectivity index (χ3n) is 7.23. The molecule has 1 N–H and O–H groups in total. The van der Waals surface area contributed by atoms with Crippen LogP contribution in [-0.2, 0) is 25.5 Å². The van der Waals surface area contributed by atoms with Gasteiger partial charge in [0, 0.05) is 5.69 Å². The minimum Gasteiger partial charge on any atom is -0.452 e. The molecule has 1 saturated heterocycles. The Balaban J connectivity index is 1.26. The summed E-state index contributed by atoms with van der Waals surface area (Å²) in [4.78, 5) is 52.4. The lowest BCUT2D eigenvalue weighted by molar-refractivity contribution is -0.123. The van der Waals surface area contributed by atoms with Crippen LogP contribution < -0.4 is 10.2 Å². The van der Waals surface area contributed by atoms with Gasteiger partial charge in [-0.25, -0.2) is 9.69 Å². The molecule has 2 aliphatic carbocycles. The average molecular weight is 459 g/mol. The van der Waals surface area contributed by atoms with E-state index in [2.05, 4.69) is 11.4 Å². The summed E-state index contributed by atoms with van der Waals surface area (Å²) in [7, 11) is 0. The lowest BCUT2D eigenvalue weighted by Gasteiger charge is -2.19. The number of esters is 1. The maximum absolute atomic E-state index is 13.2. The number of amides is 3. The summed E-state index contributed by atoms with van der Waals surface area (Å²) in [5.41, 5.74) is 3.39. The molecule has 3 aliphatic rings. The molecule has 5 rings (SSSR count). The van der Waals surface area contributed by atoms with Gasteiger partial charge in [0.1, 0.15) is 0 Å². The predicted molar refractivity (Wildman–Crippen MR) is 126 cm³/mol. The number of nitrogens with one attached hydrogen (secondary N) is 1. The second kappa shape index (κ2) is 8.56. The molecule has 2 fully saturated rings. The number of hydrogen-bond donors (Lipinski definition) is 1. The molecule has 2 aromatic carbocycles. The molecule has 1 aliphatic heterocycles. The van der Waals surface area contributed by atoms with Crippen molar-refractivity contribution >= 4 is 35.1 Å². The molecule has 2 aromatic rings. The number of anilines is 2. The van der Waals surface area contributed by atoms with Crippen LogP contribution in [0.1, 0.15) is 36.2 Å². The molecule has 0 spiro atoms. The second-order valence-corrected chi connectivity index (χ2v) is 9.17. The largest absolute Gasteiger partial charge is 0.452 e. The Morgan fingerprint density at radius 2 is 1.82 bits per heavy atom. The molecule has 3 amide bonds. The highest BCUT2D eigenvalue weighted by Gasteiger charge is 2.60. The lowest BCUT2D eigenvalue weighted by atomic mass is 9.82. The molecule has 7 heteroatoms. The predicted octanol–water partition coefficient (Wildman–Crippen LogP) is 3.75. The number of nitrogens with zero attached hydrogens (tertiary/aromatic N) is 1. The maximum atomic E-state index is 13.2. The van der Waals surface area contributed by atoms with Crippen molar-refractivity contribution in [3.63, 3.8) is 0 Å². The Morgan fingerprint density at radius 1 is 1.06 bits per heavy atom. The molecule has 0 unspecified atom stereocenters. The number of carbonyl (C=O) groups excluding carboxylic acids is 4. The van der Waals surface area contributed by atoms with E-state index in [-0.39, 0.29) is 41.0 Å². The van der Waals surface area contributed by atoms with Gasteiger partial charge in [0.25, 0.3) is 5.91 Å². The number of allylic oxidation sites excluding steroid dienone is 2. The van der Waals surface area contributed by atoms with Gasteiger partial charge >= 0.3 is 5.97 Å². The zero-order valence-corrected chi connectivity index (χ0v) is 19.1. The monoisotopic (exact) mass is 458 g/mol. The topological polar surface area (TPSA) is 92.8 Å². The van der Waals surface area contributed by atoms with Crippen LogP contribution in [0.5, 0.6) is 0 Å². The lowest BCUT2D eigenvalue weighted by Crippen LogP contribution is -2.33. The summed E-state index contributed by atoms with van der Waals surface area (Å²) in [6, 6.07) is 13.7. The fraction of sp³-hybridized carbons (Fsp3) is 0.333. The van der Waals surface area contributed by atoms with Gasteiger partial charge in [0.15, 0.2) is 6.61 Å². The number of carbonyl (C=O) groups is 4. The number of benzene rings is 2. The molecule has 7 nitrogen and oxygen atoms in total. The van der Waals surface area contributed by atoms with Gasteiger partial charge in [-0.15, -0.1) is 0 Å². The zero-order valence-electron chi connectivity index (χ0n) is 19.1. The first-order valence-corrected chi connectivity index (χ1v) is 11.6.